The Labute approximate surface area is 128 Å². The Bertz CT molecular complexity index is 723. The highest BCUT2D eigenvalue weighted by atomic mass is 19.4. The van der Waals surface area contributed by atoms with Gasteiger partial charge in [0.25, 0.3) is 0 Å². The lowest BCUT2D eigenvalue weighted by molar-refractivity contribution is -0.157. The van der Waals surface area contributed by atoms with Crippen molar-refractivity contribution in [1.82, 2.24) is 14.9 Å². The van der Waals surface area contributed by atoms with E-state index in [1.807, 2.05) is 0 Å². The summed E-state index contributed by atoms with van der Waals surface area (Å²) < 4.78 is 37.1. The molecular formula is C14H13F3N4O2. The lowest BCUT2D eigenvalue weighted by Crippen LogP contribution is -2.36. The van der Waals surface area contributed by atoms with Crippen LogP contribution in [0.2, 0.25) is 0 Å². The minimum Gasteiger partial charge on any atom is -0.333 e. The van der Waals surface area contributed by atoms with Gasteiger partial charge in [-0.2, -0.15) is 13.2 Å². The Balaban J connectivity index is 1.66. The number of rotatable bonds is 3. The average molecular weight is 326 g/mol. The molecule has 3 rings (SSSR count). The number of aromatic nitrogens is 2. The topological polar surface area (TPSA) is 78.1 Å². The minimum absolute atomic E-state index is 0.206. The van der Waals surface area contributed by atoms with Crippen LogP contribution < -0.4 is 5.32 Å². The van der Waals surface area contributed by atoms with E-state index < -0.39 is 30.5 Å². The first-order chi connectivity index (χ1) is 10.8. The van der Waals surface area contributed by atoms with Crippen LogP contribution in [0.1, 0.15) is 6.42 Å². The van der Waals surface area contributed by atoms with Crippen LogP contribution >= 0.6 is 0 Å². The normalized spacial score (nSPS) is 18.7. The molecule has 6 nitrogen and oxygen atoms in total. The quantitative estimate of drug-likeness (QED) is 0.904. The molecule has 2 heterocycles. The van der Waals surface area contributed by atoms with Gasteiger partial charge in [-0.05, 0) is 12.1 Å². The minimum atomic E-state index is -4.47. The SMILES string of the molecule is O=C(Nc1nc2ccccc2[nH]1)[C@@H]1CC(=O)N(CC(F)(F)F)C1. The van der Waals surface area contributed by atoms with E-state index in [1.54, 1.807) is 24.3 Å². The Hall–Kier alpha value is -2.58. The number of amides is 2. The average Bonchev–Trinajstić information content (AvgIpc) is 3.00. The summed E-state index contributed by atoms with van der Waals surface area (Å²) in [6.45, 7) is -1.58. The maximum atomic E-state index is 12.4. The van der Waals surface area contributed by atoms with Crippen LogP contribution in [0.3, 0.4) is 0 Å². The number of likely N-dealkylation sites (tertiary alicyclic amines) is 1. The van der Waals surface area contributed by atoms with E-state index in [1.165, 1.54) is 0 Å². The van der Waals surface area contributed by atoms with Crippen LogP contribution in [0.15, 0.2) is 24.3 Å². The molecule has 1 fully saturated rings. The summed E-state index contributed by atoms with van der Waals surface area (Å²) in [5.41, 5.74) is 1.38. The van der Waals surface area contributed by atoms with Gasteiger partial charge in [-0.25, -0.2) is 4.98 Å². The molecule has 1 aromatic carbocycles. The third kappa shape index (κ3) is 3.43. The molecule has 1 saturated heterocycles. The number of carbonyl (C=O) groups excluding carboxylic acids is 2. The van der Waals surface area contributed by atoms with E-state index in [4.69, 9.17) is 0 Å². The van der Waals surface area contributed by atoms with E-state index in [0.717, 1.165) is 5.52 Å². The Kier molecular flexibility index (Phi) is 3.70. The smallest absolute Gasteiger partial charge is 0.333 e. The number of fused-ring (bicyclic) bond motifs is 1. The second-order valence-corrected chi connectivity index (χ2v) is 5.38. The van der Waals surface area contributed by atoms with Crippen molar-refractivity contribution in [2.24, 2.45) is 5.92 Å². The summed E-state index contributed by atoms with van der Waals surface area (Å²) in [5.74, 6) is -1.81. The molecular weight excluding hydrogens is 313 g/mol. The van der Waals surface area contributed by atoms with Gasteiger partial charge in [0, 0.05) is 13.0 Å². The first kappa shape index (κ1) is 15.3. The van der Waals surface area contributed by atoms with Crippen molar-refractivity contribution in [3.05, 3.63) is 24.3 Å². The number of halogens is 3. The van der Waals surface area contributed by atoms with Crippen molar-refractivity contribution in [1.29, 1.82) is 0 Å². The highest BCUT2D eigenvalue weighted by Crippen LogP contribution is 2.24. The predicted molar refractivity (Wildman–Crippen MR) is 75.5 cm³/mol. The molecule has 2 aromatic rings. The van der Waals surface area contributed by atoms with Gasteiger partial charge in [0.1, 0.15) is 6.54 Å². The van der Waals surface area contributed by atoms with Crippen molar-refractivity contribution >= 4 is 28.8 Å². The molecule has 9 heteroatoms. The molecule has 0 radical (unpaired) electrons. The number of aromatic amines is 1. The second kappa shape index (κ2) is 5.56. The first-order valence-corrected chi connectivity index (χ1v) is 6.92. The predicted octanol–water partition coefficient (Wildman–Crippen LogP) is 1.91. The number of hydrogen-bond donors (Lipinski definition) is 2. The standard InChI is InChI=1S/C14H13F3N4O2/c15-14(16,17)7-21-6-8(5-11(21)22)12(23)20-13-18-9-3-1-2-4-10(9)19-13/h1-4,8H,5-7H2,(H2,18,19,20,23)/t8-/m1/s1. The van der Waals surface area contributed by atoms with E-state index >= 15 is 0 Å². The van der Waals surface area contributed by atoms with Crippen LogP contribution in [0, 0.1) is 5.92 Å². The van der Waals surface area contributed by atoms with Crippen LogP contribution in [-0.2, 0) is 9.59 Å². The molecule has 1 atom stereocenters. The fraction of sp³-hybridized carbons (Fsp3) is 0.357. The summed E-state index contributed by atoms with van der Waals surface area (Å²) in [6, 6.07) is 7.13. The number of hydrogen-bond acceptors (Lipinski definition) is 3. The van der Waals surface area contributed by atoms with Gasteiger partial charge < -0.3 is 9.88 Å². The number of nitrogens with zero attached hydrogens (tertiary/aromatic N) is 2. The third-order valence-corrected chi connectivity index (χ3v) is 3.59. The van der Waals surface area contributed by atoms with E-state index in [9.17, 15) is 22.8 Å². The van der Waals surface area contributed by atoms with Gasteiger partial charge in [-0.1, -0.05) is 12.1 Å². The van der Waals surface area contributed by atoms with E-state index in [-0.39, 0.29) is 18.9 Å². The van der Waals surface area contributed by atoms with Gasteiger partial charge in [0.05, 0.1) is 17.0 Å². The van der Waals surface area contributed by atoms with E-state index in [0.29, 0.717) is 10.4 Å². The molecule has 0 spiro atoms. The molecule has 0 saturated carbocycles. The lowest BCUT2D eigenvalue weighted by Gasteiger charge is -2.18. The maximum Gasteiger partial charge on any atom is 0.406 e. The molecule has 0 unspecified atom stereocenters. The van der Waals surface area contributed by atoms with Gasteiger partial charge in [0.15, 0.2) is 0 Å². The number of nitrogens with one attached hydrogen (secondary N) is 2. The first-order valence-electron chi connectivity index (χ1n) is 6.92. The summed E-state index contributed by atoms with van der Waals surface area (Å²) in [6.07, 6.45) is -4.71. The molecule has 0 aliphatic carbocycles. The zero-order chi connectivity index (χ0) is 16.6. The third-order valence-electron chi connectivity index (χ3n) is 3.59. The van der Waals surface area contributed by atoms with Crippen LogP contribution in [0.4, 0.5) is 19.1 Å². The highest BCUT2D eigenvalue weighted by molar-refractivity contribution is 5.97. The Morgan fingerprint density at radius 2 is 2.13 bits per heavy atom. The summed E-state index contributed by atoms with van der Waals surface area (Å²) >= 11 is 0. The van der Waals surface area contributed by atoms with Gasteiger partial charge in [0.2, 0.25) is 17.8 Å². The van der Waals surface area contributed by atoms with Crippen LogP contribution in [0.25, 0.3) is 11.0 Å². The van der Waals surface area contributed by atoms with Crippen molar-refractivity contribution < 1.29 is 22.8 Å². The van der Waals surface area contributed by atoms with Gasteiger partial charge in [-0.3, -0.25) is 14.9 Å². The van der Waals surface area contributed by atoms with Crippen molar-refractivity contribution in [2.75, 3.05) is 18.4 Å². The summed E-state index contributed by atoms with van der Waals surface area (Å²) in [7, 11) is 0. The molecule has 122 valence electrons. The largest absolute Gasteiger partial charge is 0.406 e. The molecule has 1 aliphatic rings. The summed E-state index contributed by atoms with van der Waals surface area (Å²) in [5, 5.41) is 2.51. The highest BCUT2D eigenvalue weighted by Gasteiger charge is 2.40. The number of imidazole rings is 1. The second-order valence-electron chi connectivity index (χ2n) is 5.38. The molecule has 23 heavy (non-hydrogen) atoms. The maximum absolute atomic E-state index is 12.4. The molecule has 0 bridgehead atoms. The number of carbonyl (C=O) groups is 2. The zero-order valence-electron chi connectivity index (χ0n) is 11.9. The number of para-hydroxylation sites is 2. The fourth-order valence-corrected chi connectivity index (χ4v) is 2.55. The molecule has 2 amide bonds. The summed E-state index contributed by atoms with van der Waals surface area (Å²) in [4.78, 5) is 31.4. The molecule has 1 aliphatic heterocycles. The van der Waals surface area contributed by atoms with Crippen LogP contribution in [0.5, 0.6) is 0 Å². The lowest BCUT2D eigenvalue weighted by atomic mass is 10.1. The molecule has 1 aromatic heterocycles. The van der Waals surface area contributed by atoms with Crippen molar-refractivity contribution in [3.8, 4) is 0 Å². The van der Waals surface area contributed by atoms with E-state index in [2.05, 4.69) is 15.3 Å². The number of anilines is 1. The number of alkyl halides is 3. The Morgan fingerprint density at radius 1 is 1.39 bits per heavy atom. The van der Waals surface area contributed by atoms with Crippen LogP contribution in [-0.4, -0.2) is 45.9 Å². The van der Waals surface area contributed by atoms with Crippen molar-refractivity contribution in [3.63, 3.8) is 0 Å². The number of H-pyrrole nitrogens is 1. The van der Waals surface area contributed by atoms with Crippen molar-refractivity contribution in [2.45, 2.75) is 12.6 Å². The zero-order valence-corrected chi connectivity index (χ0v) is 11.9. The monoisotopic (exact) mass is 326 g/mol. The van der Waals surface area contributed by atoms with Gasteiger partial charge >= 0.3 is 6.18 Å². The molecule has 2 N–H and O–H groups in total. The Morgan fingerprint density at radius 3 is 2.83 bits per heavy atom. The van der Waals surface area contributed by atoms with Gasteiger partial charge in [-0.15, -0.1) is 0 Å². The number of benzene rings is 1. The fourth-order valence-electron chi connectivity index (χ4n) is 2.55.